The summed E-state index contributed by atoms with van der Waals surface area (Å²) < 4.78 is 29.0. The molecule has 0 spiro atoms. The van der Waals surface area contributed by atoms with E-state index in [0.717, 1.165) is 0 Å². The molecule has 0 radical (unpaired) electrons. The summed E-state index contributed by atoms with van der Waals surface area (Å²) in [7, 11) is -2.15. The lowest BCUT2D eigenvalue weighted by Gasteiger charge is -2.27. The molecule has 0 saturated heterocycles. The maximum absolute atomic E-state index is 13.2. The van der Waals surface area contributed by atoms with E-state index < -0.39 is 15.4 Å². The normalized spacial score (nSPS) is 18.7. The van der Waals surface area contributed by atoms with Crippen LogP contribution in [0.4, 0.5) is 5.69 Å². The predicted octanol–water partition coefficient (Wildman–Crippen LogP) is 0.757. The SMILES string of the molecule is Cn1cnc2c(c1=O)CCN(S(=O)(=O)c1ccc3c(c1)C(C)(C)C(=O)N3)C2. The van der Waals surface area contributed by atoms with Gasteiger partial charge in [-0.15, -0.1) is 0 Å². The molecule has 9 heteroatoms. The lowest BCUT2D eigenvalue weighted by Crippen LogP contribution is -2.40. The van der Waals surface area contributed by atoms with Crippen LogP contribution in [0.2, 0.25) is 0 Å². The molecule has 0 bridgehead atoms. The number of hydrogen-bond acceptors (Lipinski definition) is 5. The fraction of sp³-hybridized carbons (Fsp3) is 0.389. The summed E-state index contributed by atoms with van der Waals surface area (Å²) in [6.07, 6.45) is 1.73. The summed E-state index contributed by atoms with van der Waals surface area (Å²) in [4.78, 5) is 28.7. The van der Waals surface area contributed by atoms with Gasteiger partial charge in [0.2, 0.25) is 15.9 Å². The molecule has 4 rings (SSSR count). The number of nitrogens with zero attached hydrogens (tertiary/aromatic N) is 3. The fourth-order valence-corrected chi connectivity index (χ4v) is 4.99. The minimum atomic E-state index is -3.77. The van der Waals surface area contributed by atoms with Crippen LogP contribution >= 0.6 is 0 Å². The molecule has 3 heterocycles. The van der Waals surface area contributed by atoms with Crippen molar-refractivity contribution in [3.05, 3.63) is 51.7 Å². The molecular formula is C18H20N4O4S. The van der Waals surface area contributed by atoms with Gasteiger partial charge in [0.05, 0.1) is 28.9 Å². The molecule has 2 aliphatic heterocycles. The molecule has 142 valence electrons. The van der Waals surface area contributed by atoms with E-state index in [1.165, 1.54) is 21.3 Å². The maximum atomic E-state index is 13.2. The minimum Gasteiger partial charge on any atom is -0.325 e. The highest BCUT2D eigenvalue weighted by atomic mass is 32.2. The van der Waals surface area contributed by atoms with Gasteiger partial charge < -0.3 is 9.88 Å². The Labute approximate surface area is 156 Å². The number of benzene rings is 1. The molecule has 1 N–H and O–H groups in total. The Bertz CT molecular complexity index is 1130. The number of carbonyl (C=O) groups is 1. The van der Waals surface area contributed by atoms with Crippen molar-refractivity contribution >= 4 is 21.6 Å². The number of sulfonamides is 1. The first-order valence-corrected chi connectivity index (χ1v) is 10.1. The van der Waals surface area contributed by atoms with Gasteiger partial charge in [0, 0.05) is 24.8 Å². The number of fused-ring (bicyclic) bond motifs is 2. The lowest BCUT2D eigenvalue weighted by atomic mass is 9.86. The Hall–Kier alpha value is -2.52. The van der Waals surface area contributed by atoms with Crippen molar-refractivity contribution in [2.75, 3.05) is 11.9 Å². The van der Waals surface area contributed by atoms with E-state index in [1.54, 1.807) is 33.0 Å². The molecule has 0 fully saturated rings. The molecular weight excluding hydrogens is 368 g/mol. The molecule has 1 aromatic carbocycles. The number of amides is 1. The predicted molar refractivity (Wildman–Crippen MR) is 98.9 cm³/mol. The van der Waals surface area contributed by atoms with Gasteiger partial charge in [-0.25, -0.2) is 13.4 Å². The Morgan fingerprint density at radius 2 is 1.96 bits per heavy atom. The third kappa shape index (κ3) is 2.61. The van der Waals surface area contributed by atoms with Crippen LogP contribution in [0.25, 0.3) is 0 Å². The van der Waals surface area contributed by atoms with Gasteiger partial charge in [-0.05, 0) is 44.0 Å². The van der Waals surface area contributed by atoms with E-state index in [2.05, 4.69) is 10.3 Å². The summed E-state index contributed by atoms with van der Waals surface area (Å²) in [5, 5.41) is 2.78. The number of anilines is 1. The first kappa shape index (κ1) is 17.9. The second kappa shape index (κ2) is 5.74. The highest BCUT2D eigenvalue weighted by Crippen LogP contribution is 2.39. The van der Waals surface area contributed by atoms with Gasteiger partial charge in [-0.2, -0.15) is 4.31 Å². The van der Waals surface area contributed by atoms with E-state index >= 15 is 0 Å². The Morgan fingerprint density at radius 1 is 1.22 bits per heavy atom. The van der Waals surface area contributed by atoms with Crippen molar-refractivity contribution in [3.63, 3.8) is 0 Å². The van der Waals surface area contributed by atoms with Crippen LogP contribution < -0.4 is 10.9 Å². The third-order valence-electron chi connectivity index (χ3n) is 5.37. The van der Waals surface area contributed by atoms with Crippen molar-refractivity contribution in [1.29, 1.82) is 0 Å². The summed E-state index contributed by atoms with van der Waals surface area (Å²) in [5.74, 6) is -0.154. The average Bonchev–Trinajstić information content (AvgIpc) is 2.86. The van der Waals surface area contributed by atoms with Crippen LogP contribution in [0.1, 0.15) is 30.7 Å². The molecule has 2 aliphatic rings. The van der Waals surface area contributed by atoms with Crippen molar-refractivity contribution < 1.29 is 13.2 Å². The second-order valence-electron chi connectivity index (χ2n) is 7.46. The fourth-order valence-electron chi connectivity index (χ4n) is 3.56. The van der Waals surface area contributed by atoms with Crippen LogP contribution in [0.3, 0.4) is 0 Å². The summed E-state index contributed by atoms with van der Waals surface area (Å²) in [6, 6.07) is 4.69. The molecule has 1 aromatic heterocycles. The van der Waals surface area contributed by atoms with Crippen LogP contribution in [0, 0.1) is 0 Å². The van der Waals surface area contributed by atoms with Gasteiger partial charge >= 0.3 is 0 Å². The topological polar surface area (TPSA) is 101 Å². The van der Waals surface area contributed by atoms with Crippen molar-refractivity contribution in [1.82, 2.24) is 13.9 Å². The highest BCUT2D eigenvalue weighted by Gasteiger charge is 2.40. The monoisotopic (exact) mass is 388 g/mol. The lowest BCUT2D eigenvalue weighted by molar-refractivity contribution is -0.119. The average molecular weight is 388 g/mol. The van der Waals surface area contributed by atoms with Gasteiger partial charge in [0.25, 0.3) is 5.56 Å². The Balaban J connectivity index is 1.71. The van der Waals surface area contributed by atoms with Crippen LogP contribution in [0.5, 0.6) is 0 Å². The van der Waals surface area contributed by atoms with Crippen molar-refractivity contribution in [3.8, 4) is 0 Å². The largest absolute Gasteiger partial charge is 0.325 e. The van der Waals surface area contributed by atoms with Crippen LogP contribution in [-0.4, -0.2) is 34.7 Å². The van der Waals surface area contributed by atoms with Gasteiger partial charge in [-0.3, -0.25) is 9.59 Å². The Morgan fingerprint density at radius 3 is 2.70 bits per heavy atom. The molecule has 0 atom stereocenters. The van der Waals surface area contributed by atoms with Gasteiger partial charge in [0.15, 0.2) is 0 Å². The summed E-state index contributed by atoms with van der Waals surface area (Å²) in [5.41, 5.74) is 1.43. The molecule has 0 saturated carbocycles. The number of aryl methyl sites for hydroxylation is 1. The summed E-state index contributed by atoms with van der Waals surface area (Å²) in [6.45, 7) is 3.81. The van der Waals surface area contributed by atoms with E-state index in [9.17, 15) is 18.0 Å². The smallest absolute Gasteiger partial charge is 0.256 e. The first-order valence-electron chi connectivity index (χ1n) is 8.62. The third-order valence-corrected chi connectivity index (χ3v) is 7.21. The zero-order chi connectivity index (χ0) is 19.6. The number of aromatic nitrogens is 2. The number of nitrogens with one attached hydrogen (secondary N) is 1. The van der Waals surface area contributed by atoms with Crippen molar-refractivity contribution in [2.24, 2.45) is 7.05 Å². The van der Waals surface area contributed by atoms with E-state index in [1.807, 2.05) is 0 Å². The number of carbonyl (C=O) groups excluding carboxylic acids is 1. The zero-order valence-electron chi connectivity index (χ0n) is 15.3. The zero-order valence-corrected chi connectivity index (χ0v) is 16.1. The first-order chi connectivity index (χ1) is 12.6. The quantitative estimate of drug-likeness (QED) is 0.818. The van der Waals surface area contributed by atoms with E-state index in [0.29, 0.717) is 28.9 Å². The molecule has 0 unspecified atom stereocenters. The molecule has 0 aliphatic carbocycles. The van der Waals surface area contributed by atoms with Gasteiger partial charge in [-0.1, -0.05) is 0 Å². The van der Waals surface area contributed by atoms with Crippen LogP contribution in [-0.2, 0) is 40.2 Å². The van der Waals surface area contributed by atoms with Crippen molar-refractivity contribution in [2.45, 2.75) is 37.1 Å². The van der Waals surface area contributed by atoms with E-state index in [4.69, 9.17) is 0 Å². The van der Waals surface area contributed by atoms with Gasteiger partial charge in [0.1, 0.15) is 0 Å². The molecule has 8 nitrogen and oxygen atoms in total. The molecule has 2 aromatic rings. The molecule has 27 heavy (non-hydrogen) atoms. The Kier molecular flexibility index (Phi) is 3.80. The highest BCUT2D eigenvalue weighted by molar-refractivity contribution is 7.89. The standard InChI is InChI=1S/C18H20N4O4S/c1-18(2)13-8-11(4-5-14(13)20-17(18)24)27(25,26)22-7-6-12-15(9-22)19-10-21(3)16(12)23/h4-5,8,10H,6-7,9H2,1-3H3,(H,20,24). The maximum Gasteiger partial charge on any atom is 0.256 e. The van der Waals surface area contributed by atoms with Crippen LogP contribution in [0.15, 0.2) is 34.2 Å². The minimum absolute atomic E-state index is 0.0609. The van der Waals surface area contributed by atoms with E-state index in [-0.39, 0.29) is 29.5 Å². The molecule has 1 amide bonds. The number of hydrogen-bond donors (Lipinski definition) is 1. The number of rotatable bonds is 2. The summed E-state index contributed by atoms with van der Waals surface area (Å²) >= 11 is 0. The second-order valence-corrected chi connectivity index (χ2v) is 9.40.